The largest absolute Gasteiger partial charge is 0.461 e. The lowest BCUT2D eigenvalue weighted by Gasteiger charge is -2.20. The maximum Gasteiger partial charge on any atom is 0.413 e. The van der Waals surface area contributed by atoms with Crippen LogP contribution in [0.1, 0.15) is 69.6 Å². The number of amides is 2. The summed E-state index contributed by atoms with van der Waals surface area (Å²) in [4.78, 5) is 36.3. The zero-order valence-corrected chi connectivity index (χ0v) is 24.3. The van der Waals surface area contributed by atoms with Crippen molar-refractivity contribution in [3.63, 3.8) is 0 Å². The van der Waals surface area contributed by atoms with Crippen molar-refractivity contribution in [2.45, 2.75) is 77.5 Å². The van der Waals surface area contributed by atoms with Crippen LogP contribution in [0.25, 0.3) is 11.1 Å². The fourth-order valence-electron chi connectivity index (χ4n) is 4.41. The van der Waals surface area contributed by atoms with E-state index in [-0.39, 0.29) is 36.4 Å². The third-order valence-electron chi connectivity index (χ3n) is 6.39. The molecule has 5 N–H and O–H groups in total. The van der Waals surface area contributed by atoms with Crippen molar-refractivity contribution in [1.82, 2.24) is 16.0 Å². The summed E-state index contributed by atoms with van der Waals surface area (Å²) in [7, 11) is 0. The molecule has 2 aromatic carbocycles. The smallest absolute Gasteiger partial charge is 0.413 e. The summed E-state index contributed by atoms with van der Waals surface area (Å²) in [6.07, 6.45) is 2.95. The number of benzene rings is 2. The summed E-state index contributed by atoms with van der Waals surface area (Å²) in [5.74, 6) is -0.657. The van der Waals surface area contributed by atoms with Crippen molar-refractivity contribution < 1.29 is 23.9 Å². The van der Waals surface area contributed by atoms with Gasteiger partial charge in [0, 0.05) is 19.5 Å². The number of hydrogen-bond acceptors (Lipinski definition) is 7. The minimum Gasteiger partial charge on any atom is -0.461 e. The van der Waals surface area contributed by atoms with Crippen molar-refractivity contribution in [2.75, 3.05) is 13.1 Å². The van der Waals surface area contributed by atoms with E-state index in [1.54, 1.807) is 20.8 Å². The number of ether oxygens (including phenoxy) is 2. The second kappa shape index (κ2) is 14.8. The highest BCUT2D eigenvalue weighted by Gasteiger charge is 2.21. The molecule has 216 valence electrons. The Labute approximate surface area is 241 Å². The second-order valence-corrected chi connectivity index (χ2v) is 11.2. The van der Waals surface area contributed by atoms with E-state index in [0.29, 0.717) is 13.1 Å². The van der Waals surface area contributed by atoms with Crippen LogP contribution in [0.2, 0.25) is 0 Å². The van der Waals surface area contributed by atoms with Gasteiger partial charge < -0.3 is 25.8 Å². The molecule has 0 radical (unpaired) electrons. The number of nitrogens with one attached hydrogen (secondary N) is 3. The molecular formula is C30H40N4O5S. The summed E-state index contributed by atoms with van der Waals surface area (Å²) in [5.41, 5.74) is 11.3. The monoisotopic (exact) mass is 568 g/mol. The highest BCUT2D eigenvalue weighted by molar-refractivity contribution is 7.80. The Morgan fingerprint density at radius 1 is 0.975 bits per heavy atom. The van der Waals surface area contributed by atoms with Crippen molar-refractivity contribution >= 4 is 35.3 Å². The highest BCUT2D eigenvalue weighted by atomic mass is 32.1. The summed E-state index contributed by atoms with van der Waals surface area (Å²) in [6.45, 7) is 6.61. The molecule has 3 rings (SSSR count). The summed E-state index contributed by atoms with van der Waals surface area (Å²) >= 11 is 5.07. The van der Waals surface area contributed by atoms with Gasteiger partial charge in [-0.1, -0.05) is 42.5 Å². The summed E-state index contributed by atoms with van der Waals surface area (Å²) in [6, 6.07) is 13.6. The fraction of sp³-hybridized carbons (Fsp3) is 0.467. The molecule has 0 aromatic heterocycles. The van der Waals surface area contributed by atoms with Gasteiger partial charge in [-0.05, 0) is 92.9 Å². The highest BCUT2D eigenvalue weighted by Crippen LogP contribution is 2.38. The van der Waals surface area contributed by atoms with Gasteiger partial charge in [-0.15, -0.1) is 0 Å². The van der Waals surface area contributed by atoms with Gasteiger partial charge in [-0.25, -0.2) is 4.79 Å². The maximum atomic E-state index is 12.3. The number of carbonyl (C=O) groups excluding carboxylic acids is 3. The molecule has 0 spiro atoms. The Morgan fingerprint density at radius 3 is 2.42 bits per heavy atom. The summed E-state index contributed by atoms with van der Waals surface area (Å²) < 4.78 is 10.6. The second-order valence-electron chi connectivity index (χ2n) is 10.8. The molecule has 1 aliphatic rings. The van der Waals surface area contributed by atoms with E-state index in [1.165, 1.54) is 22.3 Å². The first-order valence-electron chi connectivity index (χ1n) is 13.7. The van der Waals surface area contributed by atoms with Gasteiger partial charge in [-0.2, -0.15) is 0 Å². The van der Waals surface area contributed by atoms with Gasteiger partial charge in [0.2, 0.25) is 5.91 Å². The SMILES string of the molecule is CC(C)(C)OC(=O)NC(=S)NCCCCCNC(=O)C(N)CCC(=O)OCc1cccc2c1Cc1ccccc1-2. The molecule has 0 heterocycles. The number of unbranched alkanes of at least 4 members (excludes halogenated alkanes) is 2. The molecule has 1 aliphatic carbocycles. The van der Waals surface area contributed by atoms with Crippen LogP contribution in [0.4, 0.5) is 4.79 Å². The van der Waals surface area contributed by atoms with Gasteiger partial charge in [0.05, 0.1) is 6.04 Å². The first kappa shape index (κ1) is 31.0. The molecule has 0 aliphatic heterocycles. The molecule has 9 nitrogen and oxygen atoms in total. The Hall–Kier alpha value is -3.50. The van der Waals surface area contributed by atoms with Gasteiger partial charge in [-0.3, -0.25) is 14.9 Å². The van der Waals surface area contributed by atoms with E-state index >= 15 is 0 Å². The molecule has 0 bridgehead atoms. The van der Waals surface area contributed by atoms with Gasteiger partial charge in [0.15, 0.2) is 5.11 Å². The average molecular weight is 569 g/mol. The van der Waals surface area contributed by atoms with Crippen molar-refractivity contribution in [2.24, 2.45) is 5.73 Å². The first-order valence-corrected chi connectivity index (χ1v) is 14.1. The molecule has 0 saturated carbocycles. The number of fused-ring (bicyclic) bond motifs is 3. The van der Waals surface area contributed by atoms with Crippen LogP contribution in [0, 0.1) is 0 Å². The zero-order chi connectivity index (χ0) is 29.1. The predicted octanol–water partition coefficient (Wildman–Crippen LogP) is 4.09. The molecule has 1 unspecified atom stereocenters. The molecule has 2 aromatic rings. The van der Waals surface area contributed by atoms with Gasteiger partial charge >= 0.3 is 12.1 Å². The number of thiocarbonyl (C=S) groups is 1. The lowest BCUT2D eigenvalue weighted by atomic mass is 10.0. The first-order chi connectivity index (χ1) is 19.0. The van der Waals surface area contributed by atoms with Gasteiger partial charge in [0.25, 0.3) is 0 Å². The topological polar surface area (TPSA) is 132 Å². The third kappa shape index (κ3) is 9.91. The number of hydrogen-bond donors (Lipinski definition) is 4. The Balaban J connectivity index is 1.24. The van der Waals surface area contributed by atoms with Crippen LogP contribution in [0.3, 0.4) is 0 Å². The standard InChI is InChI=1S/C30H40N4O5S/c1-30(2,3)39-29(37)34-28(40)33-17-8-4-7-16-32-27(36)25(31)14-15-26(35)38-19-21-11-9-13-23-22-12-6-5-10-20(22)18-24(21)23/h5-6,9-13,25H,4,7-8,14-19,31H2,1-3H3,(H,32,36)(H2,33,34,37,40). The average Bonchev–Trinajstić information content (AvgIpc) is 3.28. The number of esters is 1. The van der Waals surface area contributed by atoms with E-state index in [1.807, 2.05) is 24.3 Å². The lowest BCUT2D eigenvalue weighted by Crippen LogP contribution is -2.42. The van der Waals surface area contributed by atoms with Crippen molar-refractivity contribution in [3.8, 4) is 11.1 Å². The van der Waals surface area contributed by atoms with Crippen LogP contribution < -0.4 is 21.7 Å². The normalized spacial score (nSPS) is 12.5. The van der Waals surface area contributed by atoms with E-state index in [2.05, 4.69) is 34.1 Å². The Bertz CT molecular complexity index is 1210. The molecule has 2 amide bonds. The molecular weight excluding hydrogens is 528 g/mol. The minimum absolute atomic E-state index is 0.0761. The van der Waals surface area contributed by atoms with E-state index < -0.39 is 17.7 Å². The number of rotatable bonds is 12. The number of alkyl carbamates (subject to hydrolysis) is 1. The summed E-state index contributed by atoms with van der Waals surface area (Å²) in [5, 5.41) is 8.45. The van der Waals surface area contributed by atoms with Crippen LogP contribution in [0.15, 0.2) is 42.5 Å². The minimum atomic E-state index is -0.777. The van der Waals surface area contributed by atoms with Crippen LogP contribution in [-0.4, -0.2) is 47.8 Å². The van der Waals surface area contributed by atoms with Crippen LogP contribution >= 0.6 is 12.2 Å². The van der Waals surface area contributed by atoms with E-state index in [4.69, 9.17) is 27.4 Å². The number of nitrogens with two attached hydrogens (primary N) is 1. The Morgan fingerprint density at radius 2 is 1.68 bits per heavy atom. The fourth-order valence-corrected chi connectivity index (χ4v) is 4.59. The quantitative estimate of drug-likeness (QED) is 0.146. The molecule has 0 fully saturated rings. The third-order valence-corrected chi connectivity index (χ3v) is 6.63. The van der Waals surface area contributed by atoms with Crippen molar-refractivity contribution in [1.29, 1.82) is 0 Å². The number of carbonyl (C=O) groups is 3. The lowest BCUT2D eigenvalue weighted by molar-refractivity contribution is -0.145. The maximum absolute atomic E-state index is 12.3. The van der Waals surface area contributed by atoms with Crippen LogP contribution in [-0.2, 0) is 32.1 Å². The predicted molar refractivity (Wildman–Crippen MR) is 159 cm³/mol. The molecule has 1 atom stereocenters. The molecule has 10 heteroatoms. The Kier molecular flexibility index (Phi) is 11.5. The van der Waals surface area contributed by atoms with Gasteiger partial charge in [0.1, 0.15) is 12.2 Å². The molecule has 40 heavy (non-hydrogen) atoms. The zero-order valence-electron chi connectivity index (χ0n) is 23.5. The van der Waals surface area contributed by atoms with Crippen molar-refractivity contribution in [3.05, 3.63) is 59.2 Å². The van der Waals surface area contributed by atoms with Crippen LogP contribution in [0.5, 0.6) is 0 Å². The van der Waals surface area contributed by atoms with E-state index in [9.17, 15) is 14.4 Å². The van der Waals surface area contributed by atoms with E-state index in [0.717, 1.165) is 31.2 Å². The molecule has 0 saturated heterocycles.